The Morgan fingerprint density at radius 1 is 1.40 bits per heavy atom. The van der Waals surface area contributed by atoms with Crippen LogP contribution in [0.3, 0.4) is 0 Å². The monoisotopic (exact) mass is 137 g/mol. The summed E-state index contributed by atoms with van der Waals surface area (Å²) >= 11 is 0. The van der Waals surface area contributed by atoms with Gasteiger partial charge in [0, 0.05) is 25.0 Å². The number of aromatic nitrogens is 1. The van der Waals surface area contributed by atoms with Crippen molar-refractivity contribution in [2.75, 3.05) is 6.54 Å². The van der Waals surface area contributed by atoms with Crippen molar-refractivity contribution in [3.05, 3.63) is 30.1 Å². The average Bonchev–Trinajstić information content (AvgIpc) is 2.05. The highest BCUT2D eigenvalue weighted by molar-refractivity contribution is 5.14. The maximum absolute atomic E-state index is 5.64. The van der Waals surface area contributed by atoms with Gasteiger partial charge in [-0.3, -0.25) is 4.98 Å². The first-order valence-electron chi connectivity index (χ1n) is 3.20. The standard InChI is InChI=1S/C7H11N3/c8-5-7(9)6-1-3-10-4-2-6/h1-4,7H,5,8-9H2/t7-/m0/s1. The third-order valence-corrected chi connectivity index (χ3v) is 1.39. The third-order valence-electron chi connectivity index (χ3n) is 1.39. The summed E-state index contributed by atoms with van der Waals surface area (Å²) in [4.78, 5) is 3.87. The molecule has 0 aliphatic rings. The van der Waals surface area contributed by atoms with Crippen molar-refractivity contribution in [1.29, 1.82) is 0 Å². The van der Waals surface area contributed by atoms with Crippen molar-refractivity contribution < 1.29 is 0 Å². The van der Waals surface area contributed by atoms with Gasteiger partial charge in [0.15, 0.2) is 0 Å². The molecule has 0 saturated carbocycles. The maximum Gasteiger partial charge on any atom is 0.0420 e. The molecule has 1 rings (SSSR count). The Morgan fingerprint density at radius 3 is 2.50 bits per heavy atom. The molecule has 10 heavy (non-hydrogen) atoms. The lowest BCUT2D eigenvalue weighted by molar-refractivity contribution is 0.735. The van der Waals surface area contributed by atoms with Crippen LogP contribution in [0.4, 0.5) is 0 Å². The summed E-state index contributed by atoms with van der Waals surface area (Å²) in [5.41, 5.74) is 12.0. The minimum atomic E-state index is -0.0528. The van der Waals surface area contributed by atoms with Gasteiger partial charge < -0.3 is 11.5 Å². The van der Waals surface area contributed by atoms with E-state index in [9.17, 15) is 0 Å². The summed E-state index contributed by atoms with van der Waals surface area (Å²) < 4.78 is 0. The fourth-order valence-corrected chi connectivity index (χ4v) is 0.747. The van der Waals surface area contributed by atoms with E-state index in [2.05, 4.69) is 4.98 Å². The molecule has 0 aliphatic carbocycles. The molecule has 1 aromatic rings. The van der Waals surface area contributed by atoms with Crippen molar-refractivity contribution >= 4 is 0 Å². The summed E-state index contributed by atoms with van der Waals surface area (Å²) in [5.74, 6) is 0. The van der Waals surface area contributed by atoms with Gasteiger partial charge in [-0.1, -0.05) is 0 Å². The maximum atomic E-state index is 5.64. The molecule has 0 aromatic carbocycles. The second-order valence-corrected chi connectivity index (χ2v) is 2.12. The van der Waals surface area contributed by atoms with Crippen molar-refractivity contribution in [2.45, 2.75) is 6.04 Å². The highest BCUT2D eigenvalue weighted by atomic mass is 14.7. The number of hydrogen-bond donors (Lipinski definition) is 2. The molecule has 1 aromatic heterocycles. The fraction of sp³-hybridized carbons (Fsp3) is 0.286. The van der Waals surface area contributed by atoms with Crippen LogP contribution in [0.15, 0.2) is 24.5 Å². The van der Waals surface area contributed by atoms with E-state index in [0.29, 0.717) is 6.54 Å². The molecule has 0 radical (unpaired) electrons. The van der Waals surface area contributed by atoms with E-state index in [1.54, 1.807) is 12.4 Å². The van der Waals surface area contributed by atoms with Crippen LogP contribution in [0.1, 0.15) is 11.6 Å². The number of nitrogens with zero attached hydrogens (tertiary/aromatic N) is 1. The third kappa shape index (κ3) is 1.52. The number of pyridine rings is 1. The highest BCUT2D eigenvalue weighted by Crippen LogP contribution is 2.04. The lowest BCUT2D eigenvalue weighted by Gasteiger charge is -2.06. The van der Waals surface area contributed by atoms with Gasteiger partial charge in [0.2, 0.25) is 0 Å². The predicted molar refractivity (Wildman–Crippen MR) is 40.2 cm³/mol. The van der Waals surface area contributed by atoms with Crippen LogP contribution in [0, 0.1) is 0 Å². The van der Waals surface area contributed by atoms with Crippen LogP contribution in [0.25, 0.3) is 0 Å². The van der Waals surface area contributed by atoms with Crippen molar-refractivity contribution in [3.63, 3.8) is 0 Å². The Kier molecular flexibility index (Phi) is 2.36. The van der Waals surface area contributed by atoms with E-state index >= 15 is 0 Å². The van der Waals surface area contributed by atoms with Crippen LogP contribution in [-0.4, -0.2) is 11.5 Å². The first kappa shape index (κ1) is 7.18. The van der Waals surface area contributed by atoms with Gasteiger partial charge in [0.25, 0.3) is 0 Å². The van der Waals surface area contributed by atoms with Crippen LogP contribution < -0.4 is 11.5 Å². The molecule has 0 spiro atoms. The van der Waals surface area contributed by atoms with Crippen molar-refractivity contribution in [3.8, 4) is 0 Å². The topological polar surface area (TPSA) is 64.9 Å². The Hall–Kier alpha value is -0.930. The SMILES string of the molecule is NC[C@H](N)c1ccncc1. The van der Waals surface area contributed by atoms with Crippen molar-refractivity contribution in [2.24, 2.45) is 11.5 Å². The summed E-state index contributed by atoms with van der Waals surface area (Å²) in [6.45, 7) is 0.476. The largest absolute Gasteiger partial charge is 0.329 e. The van der Waals surface area contributed by atoms with Crippen LogP contribution in [0.5, 0.6) is 0 Å². The van der Waals surface area contributed by atoms with Crippen LogP contribution >= 0.6 is 0 Å². The lowest BCUT2D eigenvalue weighted by Crippen LogP contribution is -2.20. The summed E-state index contributed by atoms with van der Waals surface area (Å²) in [5, 5.41) is 0. The first-order chi connectivity index (χ1) is 4.84. The Bertz CT molecular complexity index is 185. The van der Waals surface area contributed by atoms with Crippen molar-refractivity contribution in [1.82, 2.24) is 4.98 Å². The quantitative estimate of drug-likeness (QED) is 0.605. The molecule has 0 amide bonds. The molecule has 4 N–H and O–H groups in total. The highest BCUT2D eigenvalue weighted by Gasteiger charge is 1.99. The minimum absolute atomic E-state index is 0.0528. The first-order valence-corrected chi connectivity index (χ1v) is 3.20. The van der Waals surface area contributed by atoms with Gasteiger partial charge in [-0.15, -0.1) is 0 Å². The number of rotatable bonds is 2. The molecular weight excluding hydrogens is 126 g/mol. The average molecular weight is 137 g/mol. The molecule has 0 fully saturated rings. The number of hydrogen-bond acceptors (Lipinski definition) is 3. The minimum Gasteiger partial charge on any atom is -0.329 e. The van der Waals surface area contributed by atoms with Gasteiger partial charge in [0.1, 0.15) is 0 Å². The van der Waals surface area contributed by atoms with E-state index in [0.717, 1.165) is 5.56 Å². The van der Waals surface area contributed by atoms with Gasteiger partial charge in [0.05, 0.1) is 0 Å². The summed E-state index contributed by atoms with van der Waals surface area (Å²) in [6, 6.07) is 3.69. The molecule has 0 bridgehead atoms. The van der Waals surface area contributed by atoms with Gasteiger partial charge in [-0.05, 0) is 17.7 Å². The van der Waals surface area contributed by atoms with Crippen LogP contribution in [-0.2, 0) is 0 Å². The van der Waals surface area contributed by atoms with E-state index in [-0.39, 0.29) is 6.04 Å². The van der Waals surface area contributed by atoms with E-state index in [1.807, 2.05) is 12.1 Å². The molecule has 1 heterocycles. The molecule has 0 unspecified atom stereocenters. The predicted octanol–water partition coefficient (Wildman–Crippen LogP) is 0.0401. The second kappa shape index (κ2) is 3.29. The Morgan fingerprint density at radius 2 is 2.00 bits per heavy atom. The normalized spacial score (nSPS) is 13.0. The molecule has 54 valence electrons. The molecule has 1 atom stereocenters. The summed E-state index contributed by atoms with van der Waals surface area (Å²) in [7, 11) is 0. The summed E-state index contributed by atoms with van der Waals surface area (Å²) in [6.07, 6.45) is 3.43. The van der Waals surface area contributed by atoms with E-state index in [4.69, 9.17) is 11.5 Å². The van der Waals surface area contributed by atoms with Gasteiger partial charge in [-0.2, -0.15) is 0 Å². The molecular formula is C7H11N3. The second-order valence-electron chi connectivity index (χ2n) is 2.12. The zero-order valence-electron chi connectivity index (χ0n) is 5.70. The Labute approximate surface area is 60.1 Å². The fourth-order valence-electron chi connectivity index (χ4n) is 0.747. The molecule has 3 nitrogen and oxygen atoms in total. The molecule has 0 aliphatic heterocycles. The van der Waals surface area contributed by atoms with Crippen LogP contribution in [0.2, 0.25) is 0 Å². The zero-order valence-corrected chi connectivity index (χ0v) is 5.70. The zero-order chi connectivity index (χ0) is 7.40. The Balaban J connectivity index is 2.75. The van der Waals surface area contributed by atoms with E-state index in [1.165, 1.54) is 0 Å². The smallest absolute Gasteiger partial charge is 0.0420 e. The lowest BCUT2D eigenvalue weighted by atomic mass is 10.1. The van der Waals surface area contributed by atoms with Gasteiger partial charge >= 0.3 is 0 Å². The van der Waals surface area contributed by atoms with Gasteiger partial charge in [-0.25, -0.2) is 0 Å². The molecule has 0 saturated heterocycles. The number of nitrogens with two attached hydrogens (primary N) is 2. The van der Waals surface area contributed by atoms with E-state index < -0.39 is 0 Å². The molecule has 3 heteroatoms.